The molecule has 2 aliphatic rings. The summed E-state index contributed by atoms with van der Waals surface area (Å²) < 4.78 is 62.6. The molecule has 0 N–H and O–H groups in total. The standard InChI is InChI=1S/C32H38I2O18/c1-13(35)42-11-25-28(45-16(4)38)24(44-15(3)37)10-27(50-25)49-22-8-21(34)23(9-20(22)33)51-32-31(48-19(7)41)30(47-18(6)40)29(46-17(5)39)26(52-32)12-43-14(2)36/h8-9,24-32H,10-12H2,1-7H3/t24?,25?,26?,27-,28+,29-,30?,31?,32-/m1/s1. The molecule has 18 nitrogen and oxygen atoms in total. The highest BCUT2D eigenvalue weighted by atomic mass is 127. The minimum atomic E-state index is -1.48. The average molecular weight is 964 g/mol. The number of halogens is 2. The van der Waals surface area contributed by atoms with Crippen LogP contribution in [-0.4, -0.2) is 110 Å². The fraction of sp³-hybridized carbons (Fsp3) is 0.594. The van der Waals surface area contributed by atoms with Crippen LogP contribution in [0.4, 0.5) is 0 Å². The van der Waals surface area contributed by atoms with Crippen molar-refractivity contribution in [3.05, 3.63) is 19.3 Å². The fourth-order valence-electron chi connectivity index (χ4n) is 5.21. The van der Waals surface area contributed by atoms with Crippen LogP contribution in [0.1, 0.15) is 54.9 Å². The summed E-state index contributed by atoms with van der Waals surface area (Å²) in [6.07, 6.45) is -11.3. The molecule has 0 spiro atoms. The van der Waals surface area contributed by atoms with E-state index in [2.05, 4.69) is 0 Å². The third-order valence-corrected chi connectivity index (χ3v) is 8.68. The Hall–Kier alpha value is -3.51. The summed E-state index contributed by atoms with van der Waals surface area (Å²) in [5.41, 5.74) is 0. The van der Waals surface area contributed by atoms with Crippen LogP contribution < -0.4 is 9.47 Å². The first-order valence-corrected chi connectivity index (χ1v) is 17.8. The summed E-state index contributed by atoms with van der Waals surface area (Å²) in [6, 6.07) is 3.13. The van der Waals surface area contributed by atoms with Gasteiger partial charge in [0.2, 0.25) is 18.7 Å². The van der Waals surface area contributed by atoms with Crippen molar-refractivity contribution in [3.63, 3.8) is 0 Å². The molecule has 2 saturated heterocycles. The van der Waals surface area contributed by atoms with Crippen molar-refractivity contribution < 1.29 is 85.7 Å². The van der Waals surface area contributed by atoms with E-state index < -0.39 is 104 Å². The lowest BCUT2D eigenvalue weighted by molar-refractivity contribution is -0.288. The molecular weight excluding hydrogens is 926 g/mol. The van der Waals surface area contributed by atoms with Crippen LogP contribution >= 0.6 is 45.2 Å². The molecule has 0 aromatic heterocycles. The van der Waals surface area contributed by atoms with Gasteiger partial charge in [-0.3, -0.25) is 33.6 Å². The molecule has 1 aromatic carbocycles. The summed E-state index contributed by atoms with van der Waals surface area (Å²) >= 11 is 3.90. The maximum absolute atomic E-state index is 12.2. The number of hydrogen-bond acceptors (Lipinski definition) is 18. The number of esters is 7. The molecule has 20 heteroatoms. The van der Waals surface area contributed by atoms with Crippen molar-refractivity contribution in [1.82, 2.24) is 0 Å². The second-order valence-corrected chi connectivity index (χ2v) is 13.7. The highest BCUT2D eigenvalue weighted by Gasteiger charge is 2.53. The predicted molar refractivity (Wildman–Crippen MR) is 186 cm³/mol. The zero-order valence-electron chi connectivity index (χ0n) is 29.1. The molecule has 2 aliphatic heterocycles. The quantitative estimate of drug-likeness (QED) is 0.157. The van der Waals surface area contributed by atoms with Gasteiger partial charge in [-0.25, -0.2) is 0 Å². The lowest BCUT2D eigenvalue weighted by Gasteiger charge is -2.44. The molecule has 0 saturated carbocycles. The molecule has 0 amide bonds. The number of ether oxygens (including phenoxy) is 11. The van der Waals surface area contributed by atoms with Gasteiger partial charge < -0.3 is 52.1 Å². The first-order valence-electron chi connectivity index (χ1n) is 15.6. The second kappa shape index (κ2) is 19.5. The predicted octanol–water partition coefficient (Wildman–Crippen LogP) is 2.28. The van der Waals surface area contributed by atoms with E-state index in [0.717, 1.165) is 27.7 Å². The fourth-order valence-corrected chi connectivity index (χ4v) is 6.35. The number of benzene rings is 1. The van der Waals surface area contributed by atoms with Crippen molar-refractivity contribution in [2.24, 2.45) is 0 Å². The lowest BCUT2D eigenvalue weighted by atomic mass is 9.98. The first-order chi connectivity index (χ1) is 24.3. The summed E-state index contributed by atoms with van der Waals surface area (Å²) in [5, 5.41) is 0. The Bertz CT molecular complexity index is 1520. The van der Waals surface area contributed by atoms with E-state index in [9.17, 15) is 33.6 Å². The largest absolute Gasteiger partial charge is 0.464 e. The average Bonchev–Trinajstić information content (AvgIpc) is 3.00. The number of carbonyl (C=O) groups is 7. The molecule has 288 valence electrons. The summed E-state index contributed by atoms with van der Waals surface area (Å²) in [6.45, 7) is 7.26. The van der Waals surface area contributed by atoms with Gasteiger partial charge in [-0.1, -0.05) is 0 Å². The molecule has 52 heavy (non-hydrogen) atoms. The Morgan fingerprint density at radius 2 is 0.981 bits per heavy atom. The maximum Gasteiger partial charge on any atom is 0.303 e. The highest BCUT2D eigenvalue weighted by Crippen LogP contribution is 2.37. The number of hydrogen-bond donors (Lipinski definition) is 0. The van der Waals surface area contributed by atoms with Crippen LogP contribution in [0.25, 0.3) is 0 Å². The minimum Gasteiger partial charge on any atom is -0.464 e. The Kier molecular flexibility index (Phi) is 16.1. The van der Waals surface area contributed by atoms with Gasteiger partial charge in [-0.05, 0) is 57.3 Å². The highest BCUT2D eigenvalue weighted by molar-refractivity contribution is 14.1. The molecule has 5 unspecified atom stereocenters. The van der Waals surface area contributed by atoms with E-state index in [1.54, 1.807) is 12.1 Å². The molecule has 2 fully saturated rings. The lowest BCUT2D eigenvalue weighted by Crippen LogP contribution is -2.63. The maximum atomic E-state index is 12.2. The topological polar surface area (TPSA) is 221 Å². The normalized spacial score (nSPS) is 26.8. The summed E-state index contributed by atoms with van der Waals surface area (Å²) in [4.78, 5) is 83.5. The Labute approximate surface area is 325 Å². The third kappa shape index (κ3) is 12.9. The first kappa shape index (κ1) is 42.9. The van der Waals surface area contributed by atoms with Crippen molar-refractivity contribution in [2.45, 2.75) is 110 Å². The minimum absolute atomic E-state index is 0.0657. The van der Waals surface area contributed by atoms with Gasteiger partial charge in [0.15, 0.2) is 18.3 Å². The van der Waals surface area contributed by atoms with E-state index in [0.29, 0.717) is 7.14 Å². The molecule has 0 bridgehead atoms. The van der Waals surface area contributed by atoms with Crippen LogP contribution in [0, 0.1) is 7.14 Å². The summed E-state index contributed by atoms with van der Waals surface area (Å²) in [5.74, 6) is -4.52. The Balaban J connectivity index is 1.94. The molecule has 0 aliphatic carbocycles. The van der Waals surface area contributed by atoms with Crippen LogP contribution in [0.3, 0.4) is 0 Å². The van der Waals surface area contributed by atoms with Crippen molar-refractivity contribution >= 4 is 87.0 Å². The van der Waals surface area contributed by atoms with Gasteiger partial charge in [0.25, 0.3) is 0 Å². The summed E-state index contributed by atoms with van der Waals surface area (Å²) in [7, 11) is 0. The molecule has 9 atom stereocenters. The zero-order chi connectivity index (χ0) is 38.9. The van der Waals surface area contributed by atoms with Crippen molar-refractivity contribution in [3.8, 4) is 11.5 Å². The van der Waals surface area contributed by atoms with Crippen LogP contribution in [0.2, 0.25) is 0 Å². The zero-order valence-corrected chi connectivity index (χ0v) is 33.4. The molecule has 1 aromatic rings. The van der Waals surface area contributed by atoms with Crippen molar-refractivity contribution in [2.75, 3.05) is 13.2 Å². The van der Waals surface area contributed by atoms with Crippen LogP contribution in [0.5, 0.6) is 11.5 Å². The van der Waals surface area contributed by atoms with Gasteiger partial charge in [0.05, 0.1) is 13.6 Å². The van der Waals surface area contributed by atoms with Crippen molar-refractivity contribution in [1.29, 1.82) is 0 Å². The van der Waals surface area contributed by atoms with Gasteiger partial charge >= 0.3 is 41.8 Å². The van der Waals surface area contributed by atoms with Gasteiger partial charge in [-0.15, -0.1) is 0 Å². The van der Waals surface area contributed by atoms with Crippen LogP contribution in [0.15, 0.2) is 12.1 Å². The molecule has 2 heterocycles. The van der Waals surface area contributed by atoms with E-state index in [1.165, 1.54) is 20.8 Å². The molecule has 0 radical (unpaired) electrons. The number of carbonyl (C=O) groups excluding carboxylic acids is 7. The van der Waals surface area contributed by atoms with E-state index in [-0.39, 0.29) is 24.5 Å². The smallest absolute Gasteiger partial charge is 0.303 e. The van der Waals surface area contributed by atoms with E-state index >= 15 is 0 Å². The number of rotatable bonds is 13. The monoisotopic (exact) mass is 964 g/mol. The Morgan fingerprint density at radius 3 is 1.46 bits per heavy atom. The third-order valence-electron chi connectivity index (χ3n) is 6.99. The van der Waals surface area contributed by atoms with Gasteiger partial charge in [0, 0.05) is 48.5 Å². The van der Waals surface area contributed by atoms with Gasteiger partial charge in [0.1, 0.15) is 43.0 Å². The molecule has 3 rings (SSSR count). The van der Waals surface area contributed by atoms with Crippen LogP contribution in [-0.2, 0) is 76.2 Å². The Morgan fingerprint density at radius 1 is 0.558 bits per heavy atom. The molecular formula is C32H38I2O18. The SMILES string of the molecule is CC(=O)OCC1O[C@@H](Oc2cc(I)c(O[C@@H]3OC(COC(C)=O)[C@@H](OC(C)=O)C(OC(C)=O)C3OC(C)=O)cc2I)CC(OC(C)=O)[C@@H]1OC(C)=O. The van der Waals surface area contributed by atoms with E-state index in [1.807, 2.05) is 45.2 Å². The van der Waals surface area contributed by atoms with Gasteiger partial charge in [-0.2, -0.15) is 0 Å². The van der Waals surface area contributed by atoms with E-state index in [4.69, 9.17) is 52.1 Å². The second-order valence-electron chi connectivity index (χ2n) is 11.4.